The molecule has 0 saturated heterocycles. The molecule has 2 heterocycles. The fourth-order valence-electron chi connectivity index (χ4n) is 2.59. The van der Waals surface area contributed by atoms with Crippen LogP contribution in [-0.2, 0) is 17.9 Å². The van der Waals surface area contributed by atoms with E-state index in [-0.39, 0.29) is 40.6 Å². The number of carbonyl (C=O) groups is 1. The molecule has 0 bridgehead atoms. The van der Waals surface area contributed by atoms with Crippen molar-refractivity contribution in [3.8, 4) is 0 Å². The largest absolute Gasteiger partial charge is 0.366 e. The third kappa shape index (κ3) is 5.80. The van der Waals surface area contributed by atoms with Gasteiger partial charge < -0.3 is 16.0 Å². The van der Waals surface area contributed by atoms with Gasteiger partial charge in [-0.05, 0) is 32.0 Å². The van der Waals surface area contributed by atoms with Crippen LogP contribution in [0.4, 0.5) is 21.8 Å². The number of nitrogens with one attached hydrogen (secondary N) is 3. The van der Waals surface area contributed by atoms with E-state index in [0.717, 1.165) is 0 Å². The molecule has 0 atom stereocenters. The van der Waals surface area contributed by atoms with Crippen LogP contribution >= 0.6 is 23.2 Å². The summed E-state index contributed by atoms with van der Waals surface area (Å²) in [7, 11) is 0. The molecular formula is C19H20Cl2FN7O. The van der Waals surface area contributed by atoms with Gasteiger partial charge in [-0.3, -0.25) is 9.48 Å². The van der Waals surface area contributed by atoms with E-state index in [1.807, 2.05) is 13.8 Å². The van der Waals surface area contributed by atoms with Crippen molar-refractivity contribution in [2.75, 3.05) is 10.6 Å². The predicted octanol–water partition coefficient (Wildman–Crippen LogP) is 4.00. The van der Waals surface area contributed by atoms with Gasteiger partial charge in [-0.15, -0.1) is 0 Å². The number of aromatic nitrogens is 4. The van der Waals surface area contributed by atoms with E-state index in [2.05, 4.69) is 31.0 Å². The lowest BCUT2D eigenvalue weighted by atomic mass is 10.2. The molecule has 1 amide bonds. The van der Waals surface area contributed by atoms with Gasteiger partial charge in [0.15, 0.2) is 0 Å². The molecule has 0 radical (unpaired) electrons. The number of benzene rings is 1. The molecule has 1 aromatic carbocycles. The summed E-state index contributed by atoms with van der Waals surface area (Å²) in [4.78, 5) is 20.3. The molecule has 3 N–H and O–H groups in total. The molecular weight excluding hydrogens is 432 g/mol. The standard InChI is InChI=1S/C19H20Cl2FN7O/c1-11(2)26-17(30)10-29-9-12(7-25-29)27-19-23-6-5-16(28-19)24-8-13-14(20)3-4-15(21)18(13)22/h3-7,9,11H,8,10H2,1-2H3,(H,26,30)(H2,23,24,27,28). The zero-order valence-electron chi connectivity index (χ0n) is 16.3. The van der Waals surface area contributed by atoms with Gasteiger partial charge in [0.05, 0.1) is 16.9 Å². The van der Waals surface area contributed by atoms with E-state index >= 15 is 0 Å². The number of anilines is 3. The summed E-state index contributed by atoms with van der Waals surface area (Å²) >= 11 is 11.9. The number of hydrogen-bond acceptors (Lipinski definition) is 6. The van der Waals surface area contributed by atoms with Crippen molar-refractivity contribution in [1.29, 1.82) is 0 Å². The summed E-state index contributed by atoms with van der Waals surface area (Å²) in [5.41, 5.74) is 0.867. The van der Waals surface area contributed by atoms with Crippen molar-refractivity contribution in [2.24, 2.45) is 0 Å². The molecule has 8 nitrogen and oxygen atoms in total. The van der Waals surface area contributed by atoms with Crippen LogP contribution in [0.1, 0.15) is 19.4 Å². The zero-order valence-corrected chi connectivity index (χ0v) is 17.8. The van der Waals surface area contributed by atoms with Gasteiger partial charge in [0.2, 0.25) is 11.9 Å². The average Bonchev–Trinajstić information content (AvgIpc) is 3.11. The molecule has 0 unspecified atom stereocenters. The fourth-order valence-corrected chi connectivity index (χ4v) is 2.98. The van der Waals surface area contributed by atoms with Crippen LogP contribution in [0.5, 0.6) is 0 Å². The van der Waals surface area contributed by atoms with E-state index < -0.39 is 5.82 Å². The topological polar surface area (TPSA) is 96.8 Å². The summed E-state index contributed by atoms with van der Waals surface area (Å²) in [5.74, 6) is 0.0717. The molecule has 30 heavy (non-hydrogen) atoms. The number of carbonyl (C=O) groups excluding carboxylic acids is 1. The summed E-state index contributed by atoms with van der Waals surface area (Å²) in [6.07, 6.45) is 4.78. The smallest absolute Gasteiger partial charge is 0.241 e. The molecule has 0 aliphatic heterocycles. The van der Waals surface area contributed by atoms with Crippen LogP contribution < -0.4 is 16.0 Å². The lowest BCUT2D eigenvalue weighted by molar-refractivity contribution is -0.122. The van der Waals surface area contributed by atoms with Gasteiger partial charge >= 0.3 is 0 Å². The minimum Gasteiger partial charge on any atom is -0.366 e. The maximum absolute atomic E-state index is 14.2. The van der Waals surface area contributed by atoms with Crippen LogP contribution in [0.3, 0.4) is 0 Å². The highest BCUT2D eigenvalue weighted by Crippen LogP contribution is 2.26. The molecule has 0 saturated carbocycles. The van der Waals surface area contributed by atoms with Gasteiger partial charge in [0, 0.05) is 35.6 Å². The summed E-state index contributed by atoms with van der Waals surface area (Å²) in [6, 6.07) is 4.64. The van der Waals surface area contributed by atoms with Gasteiger partial charge in [-0.1, -0.05) is 23.2 Å². The van der Waals surface area contributed by atoms with Gasteiger partial charge in [-0.2, -0.15) is 10.1 Å². The highest BCUT2D eigenvalue weighted by atomic mass is 35.5. The number of amides is 1. The molecule has 3 rings (SSSR count). The van der Waals surface area contributed by atoms with E-state index in [1.165, 1.54) is 16.8 Å². The highest BCUT2D eigenvalue weighted by Gasteiger charge is 2.12. The summed E-state index contributed by atoms with van der Waals surface area (Å²) < 4.78 is 15.7. The first kappa shape index (κ1) is 21.8. The minimum absolute atomic E-state index is 0.000306. The molecule has 0 spiro atoms. The van der Waals surface area contributed by atoms with Crippen LogP contribution in [0, 0.1) is 5.82 Å². The van der Waals surface area contributed by atoms with E-state index in [9.17, 15) is 9.18 Å². The lowest BCUT2D eigenvalue weighted by Crippen LogP contribution is -2.33. The normalized spacial score (nSPS) is 10.9. The first-order chi connectivity index (χ1) is 14.3. The maximum Gasteiger partial charge on any atom is 0.241 e. The van der Waals surface area contributed by atoms with Crippen molar-refractivity contribution in [2.45, 2.75) is 33.0 Å². The van der Waals surface area contributed by atoms with Crippen LogP contribution in [-0.4, -0.2) is 31.7 Å². The van der Waals surface area contributed by atoms with Gasteiger partial charge in [0.25, 0.3) is 0 Å². The number of nitrogens with zero attached hydrogens (tertiary/aromatic N) is 4. The molecule has 2 aromatic heterocycles. The van der Waals surface area contributed by atoms with E-state index in [0.29, 0.717) is 17.5 Å². The van der Waals surface area contributed by atoms with E-state index in [4.69, 9.17) is 23.2 Å². The van der Waals surface area contributed by atoms with Crippen molar-refractivity contribution < 1.29 is 9.18 Å². The summed E-state index contributed by atoms with van der Waals surface area (Å²) in [6.45, 7) is 3.99. The SMILES string of the molecule is CC(C)NC(=O)Cn1cc(Nc2nccc(NCc3c(Cl)ccc(Cl)c3F)n2)cn1. The molecule has 11 heteroatoms. The lowest BCUT2D eigenvalue weighted by Gasteiger charge is -2.10. The number of hydrogen-bond donors (Lipinski definition) is 3. The van der Waals surface area contributed by atoms with Gasteiger partial charge in [-0.25, -0.2) is 9.37 Å². The van der Waals surface area contributed by atoms with E-state index in [1.54, 1.807) is 24.7 Å². The van der Waals surface area contributed by atoms with Crippen molar-refractivity contribution in [1.82, 2.24) is 25.1 Å². The van der Waals surface area contributed by atoms with Crippen molar-refractivity contribution in [3.63, 3.8) is 0 Å². The van der Waals surface area contributed by atoms with Crippen LogP contribution in [0.2, 0.25) is 10.0 Å². The number of halogens is 3. The highest BCUT2D eigenvalue weighted by molar-refractivity contribution is 6.33. The zero-order chi connectivity index (χ0) is 21.7. The average molecular weight is 452 g/mol. The molecule has 0 fully saturated rings. The van der Waals surface area contributed by atoms with Gasteiger partial charge in [0.1, 0.15) is 18.2 Å². The predicted molar refractivity (Wildman–Crippen MR) is 115 cm³/mol. The second-order valence-electron chi connectivity index (χ2n) is 6.71. The Morgan fingerprint density at radius 3 is 2.77 bits per heavy atom. The molecule has 0 aliphatic carbocycles. The molecule has 3 aromatic rings. The molecule has 0 aliphatic rings. The Labute approximate surface area is 182 Å². The minimum atomic E-state index is -0.571. The maximum atomic E-state index is 14.2. The van der Waals surface area contributed by atoms with Crippen molar-refractivity contribution in [3.05, 3.63) is 58.2 Å². The van der Waals surface area contributed by atoms with Crippen LogP contribution in [0.15, 0.2) is 36.8 Å². The monoisotopic (exact) mass is 451 g/mol. The Bertz CT molecular complexity index is 1040. The Hall–Kier alpha value is -2.91. The second kappa shape index (κ2) is 9.73. The third-order valence-corrected chi connectivity index (χ3v) is 4.53. The number of rotatable bonds is 8. The first-order valence-electron chi connectivity index (χ1n) is 9.10. The fraction of sp³-hybridized carbons (Fsp3) is 0.263. The van der Waals surface area contributed by atoms with Crippen LogP contribution in [0.25, 0.3) is 0 Å². The summed E-state index contributed by atoms with van der Waals surface area (Å²) in [5, 5.41) is 13.2. The second-order valence-corrected chi connectivity index (χ2v) is 7.53. The molecule has 158 valence electrons. The Kier molecular flexibility index (Phi) is 7.07. The quantitative estimate of drug-likeness (QED) is 0.447. The Morgan fingerprint density at radius 1 is 1.23 bits per heavy atom. The third-order valence-electron chi connectivity index (χ3n) is 3.89. The first-order valence-corrected chi connectivity index (χ1v) is 9.85. The Morgan fingerprint density at radius 2 is 2.00 bits per heavy atom. The Balaban J connectivity index is 1.63. The van der Waals surface area contributed by atoms with Crippen molar-refractivity contribution >= 4 is 46.6 Å².